The first-order valence-corrected chi connectivity index (χ1v) is 5.10. The molecule has 0 spiro atoms. The molecule has 1 aromatic rings. The number of nitriles is 1. The summed E-state index contributed by atoms with van der Waals surface area (Å²) in [4.78, 5) is 0. The van der Waals surface area contributed by atoms with Crippen LogP contribution in [0.15, 0.2) is 24.3 Å². The van der Waals surface area contributed by atoms with Crippen LogP contribution in [-0.4, -0.2) is 5.54 Å². The quantitative estimate of drug-likeness (QED) is 0.576. The standard InChI is InChI=1S/C12H17N3/c1-3-10-4-6-11(7-5-10)8-12(2,9-13)15-14/h4-7,15H,3,8,14H2,1-2H3. The van der Waals surface area contributed by atoms with Gasteiger partial charge in [-0.2, -0.15) is 5.26 Å². The average molecular weight is 203 g/mol. The van der Waals surface area contributed by atoms with Gasteiger partial charge >= 0.3 is 0 Å². The molecule has 1 aromatic carbocycles. The molecule has 15 heavy (non-hydrogen) atoms. The summed E-state index contributed by atoms with van der Waals surface area (Å²) in [6.45, 7) is 3.91. The monoisotopic (exact) mass is 203 g/mol. The minimum absolute atomic E-state index is 0.615. The molecule has 0 fully saturated rings. The van der Waals surface area contributed by atoms with Gasteiger partial charge in [0.25, 0.3) is 0 Å². The molecule has 1 atom stereocenters. The number of aryl methyl sites for hydroxylation is 1. The van der Waals surface area contributed by atoms with E-state index in [1.165, 1.54) is 5.56 Å². The smallest absolute Gasteiger partial charge is 0.119 e. The number of hydrogen-bond acceptors (Lipinski definition) is 3. The molecule has 0 saturated carbocycles. The van der Waals surface area contributed by atoms with E-state index in [0.717, 1.165) is 12.0 Å². The molecule has 80 valence electrons. The van der Waals surface area contributed by atoms with E-state index in [4.69, 9.17) is 11.1 Å². The largest absolute Gasteiger partial charge is 0.270 e. The van der Waals surface area contributed by atoms with Gasteiger partial charge in [-0.05, 0) is 24.5 Å². The second-order valence-corrected chi connectivity index (χ2v) is 3.94. The van der Waals surface area contributed by atoms with Gasteiger partial charge in [0.05, 0.1) is 6.07 Å². The number of nitrogens with zero attached hydrogens (tertiary/aromatic N) is 1. The van der Waals surface area contributed by atoms with Crippen molar-refractivity contribution in [2.45, 2.75) is 32.2 Å². The zero-order chi connectivity index (χ0) is 11.3. The Labute approximate surface area is 90.9 Å². The topological polar surface area (TPSA) is 61.8 Å². The van der Waals surface area contributed by atoms with E-state index in [-0.39, 0.29) is 0 Å². The highest BCUT2D eigenvalue weighted by atomic mass is 15.3. The van der Waals surface area contributed by atoms with Crippen LogP contribution in [-0.2, 0) is 12.8 Å². The van der Waals surface area contributed by atoms with Gasteiger partial charge in [0, 0.05) is 6.42 Å². The number of nitrogens with one attached hydrogen (secondary N) is 1. The lowest BCUT2D eigenvalue weighted by atomic mass is 9.94. The predicted molar refractivity (Wildman–Crippen MR) is 60.9 cm³/mol. The van der Waals surface area contributed by atoms with E-state index in [0.29, 0.717) is 6.42 Å². The summed E-state index contributed by atoms with van der Waals surface area (Å²) in [7, 11) is 0. The van der Waals surface area contributed by atoms with Crippen molar-refractivity contribution in [3.8, 4) is 6.07 Å². The van der Waals surface area contributed by atoms with Crippen LogP contribution in [0.2, 0.25) is 0 Å². The molecule has 0 heterocycles. The van der Waals surface area contributed by atoms with Crippen molar-refractivity contribution in [3.63, 3.8) is 0 Å². The van der Waals surface area contributed by atoms with Gasteiger partial charge in [-0.25, -0.2) is 5.43 Å². The molecular weight excluding hydrogens is 186 g/mol. The molecule has 0 aromatic heterocycles. The molecule has 0 aliphatic heterocycles. The highest BCUT2D eigenvalue weighted by Crippen LogP contribution is 2.12. The molecule has 1 rings (SSSR count). The van der Waals surface area contributed by atoms with Crippen LogP contribution in [0.1, 0.15) is 25.0 Å². The van der Waals surface area contributed by atoms with Crippen molar-refractivity contribution < 1.29 is 0 Å². The summed E-state index contributed by atoms with van der Waals surface area (Å²) in [5.74, 6) is 5.35. The molecular formula is C12H17N3. The molecule has 0 aliphatic carbocycles. The molecule has 0 saturated heterocycles. The minimum atomic E-state index is -0.687. The van der Waals surface area contributed by atoms with Crippen LogP contribution in [0, 0.1) is 11.3 Å². The molecule has 0 radical (unpaired) electrons. The van der Waals surface area contributed by atoms with Crippen molar-refractivity contribution >= 4 is 0 Å². The zero-order valence-electron chi connectivity index (χ0n) is 9.25. The Kier molecular flexibility index (Phi) is 3.84. The Morgan fingerprint density at radius 1 is 1.33 bits per heavy atom. The van der Waals surface area contributed by atoms with Crippen LogP contribution in [0.4, 0.5) is 0 Å². The third-order valence-corrected chi connectivity index (χ3v) is 2.55. The Hall–Kier alpha value is -1.37. The summed E-state index contributed by atoms with van der Waals surface area (Å²) in [6, 6.07) is 10.4. The highest BCUT2D eigenvalue weighted by molar-refractivity contribution is 5.25. The highest BCUT2D eigenvalue weighted by Gasteiger charge is 2.21. The van der Waals surface area contributed by atoms with E-state index < -0.39 is 5.54 Å². The van der Waals surface area contributed by atoms with E-state index >= 15 is 0 Å². The number of benzene rings is 1. The fraction of sp³-hybridized carbons (Fsp3) is 0.417. The predicted octanol–water partition coefficient (Wildman–Crippen LogP) is 1.54. The van der Waals surface area contributed by atoms with Crippen LogP contribution >= 0.6 is 0 Å². The Morgan fingerprint density at radius 3 is 2.27 bits per heavy atom. The SMILES string of the molecule is CCc1ccc(CC(C)(C#N)NN)cc1. The first-order valence-electron chi connectivity index (χ1n) is 5.10. The first kappa shape index (κ1) is 11.7. The van der Waals surface area contributed by atoms with Crippen molar-refractivity contribution in [1.29, 1.82) is 5.26 Å². The van der Waals surface area contributed by atoms with Crippen LogP contribution in [0.25, 0.3) is 0 Å². The van der Waals surface area contributed by atoms with E-state index in [2.05, 4.69) is 30.6 Å². The maximum atomic E-state index is 8.95. The summed E-state index contributed by atoms with van der Waals surface area (Å²) in [5.41, 5.74) is 4.28. The van der Waals surface area contributed by atoms with Crippen molar-refractivity contribution in [1.82, 2.24) is 5.43 Å². The molecule has 0 bridgehead atoms. The van der Waals surface area contributed by atoms with Gasteiger partial charge in [-0.1, -0.05) is 31.2 Å². The van der Waals surface area contributed by atoms with Crippen molar-refractivity contribution in [2.24, 2.45) is 5.84 Å². The minimum Gasteiger partial charge on any atom is -0.270 e. The van der Waals surface area contributed by atoms with Gasteiger partial charge in [0.2, 0.25) is 0 Å². The maximum absolute atomic E-state index is 8.95. The Morgan fingerprint density at radius 2 is 1.87 bits per heavy atom. The summed E-state index contributed by atoms with van der Waals surface area (Å²) >= 11 is 0. The molecule has 3 N–H and O–H groups in total. The van der Waals surface area contributed by atoms with Crippen LogP contribution in [0.3, 0.4) is 0 Å². The molecule has 3 nitrogen and oxygen atoms in total. The fourth-order valence-electron chi connectivity index (χ4n) is 1.42. The Bertz CT molecular complexity index is 350. The Balaban J connectivity index is 2.77. The third kappa shape index (κ3) is 3.05. The second kappa shape index (κ2) is 4.92. The first-order chi connectivity index (χ1) is 7.13. The molecule has 3 heteroatoms. The average Bonchev–Trinajstić information content (AvgIpc) is 2.30. The van der Waals surface area contributed by atoms with Gasteiger partial charge in [-0.3, -0.25) is 5.84 Å². The lowest BCUT2D eigenvalue weighted by molar-refractivity contribution is 0.458. The second-order valence-electron chi connectivity index (χ2n) is 3.94. The number of hydrogen-bond donors (Lipinski definition) is 2. The van der Waals surface area contributed by atoms with Crippen molar-refractivity contribution in [3.05, 3.63) is 35.4 Å². The normalized spacial score (nSPS) is 14.3. The summed E-state index contributed by atoms with van der Waals surface area (Å²) in [5, 5.41) is 8.95. The summed E-state index contributed by atoms with van der Waals surface area (Å²) < 4.78 is 0. The molecule has 0 aliphatic rings. The summed E-state index contributed by atoms with van der Waals surface area (Å²) in [6.07, 6.45) is 1.65. The van der Waals surface area contributed by atoms with Crippen LogP contribution in [0.5, 0.6) is 0 Å². The molecule has 0 amide bonds. The van der Waals surface area contributed by atoms with Gasteiger partial charge < -0.3 is 0 Å². The van der Waals surface area contributed by atoms with Crippen LogP contribution < -0.4 is 11.3 Å². The fourth-order valence-corrected chi connectivity index (χ4v) is 1.42. The van der Waals surface area contributed by atoms with Gasteiger partial charge in [-0.15, -0.1) is 0 Å². The number of hydrazine groups is 1. The van der Waals surface area contributed by atoms with Gasteiger partial charge in [0.15, 0.2) is 0 Å². The third-order valence-electron chi connectivity index (χ3n) is 2.55. The lowest BCUT2D eigenvalue weighted by Crippen LogP contribution is -2.47. The maximum Gasteiger partial charge on any atom is 0.119 e. The van der Waals surface area contributed by atoms with Crippen molar-refractivity contribution in [2.75, 3.05) is 0 Å². The zero-order valence-corrected chi connectivity index (χ0v) is 9.25. The lowest BCUT2D eigenvalue weighted by Gasteiger charge is -2.20. The van der Waals surface area contributed by atoms with E-state index in [1.54, 1.807) is 6.92 Å². The number of rotatable bonds is 4. The molecule has 1 unspecified atom stereocenters. The van der Waals surface area contributed by atoms with E-state index in [9.17, 15) is 0 Å². The van der Waals surface area contributed by atoms with Gasteiger partial charge in [0.1, 0.15) is 5.54 Å². The van der Waals surface area contributed by atoms with E-state index in [1.807, 2.05) is 12.1 Å². The number of nitrogens with two attached hydrogens (primary N) is 1.